The van der Waals surface area contributed by atoms with Crippen molar-refractivity contribution in [2.24, 2.45) is 5.73 Å². The molecule has 20 heavy (non-hydrogen) atoms. The lowest BCUT2D eigenvalue weighted by molar-refractivity contribution is 0.290. The molecular weight excluding hydrogens is 250 g/mol. The lowest BCUT2D eigenvalue weighted by Crippen LogP contribution is -2.18. The van der Waals surface area contributed by atoms with Gasteiger partial charge in [-0.25, -0.2) is 0 Å². The number of hydrogen-bond donors (Lipinski definition) is 1. The van der Waals surface area contributed by atoms with Crippen LogP contribution in [0.2, 0.25) is 0 Å². The van der Waals surface area contributed by atoms with Gasteiger partial charge in [0.1, 0.15) is 18.1 Å². The number of aryl methyl sites for hydroxylation is 2. The van der Waals surface area contributed by atoms with Crippen molar-refractivity contribution in [1.29, 1.82) is 0 Å². The molecule has 0 aromatic heterocycles. The maximum Gasteiger partial charge on any atom is 0.119 e. The molecule has 1 atom stereocenters. The number of hydrogen-bond acceptors (Lipinski definition) is 3. The van der Waals surface area contributed by atoms with Crippen LogP contribution >= 0.6 is 0 Å². The lowest BCUT2D eigenvalue weighted by Gasteiger charge is -2.14. The Bertz CT molecular complexity index is 564. The van der Waals surface area contributed by atoms with Gasteiger partial charge in [0.15, 0.2) is 0 Å². The van der Waals surface area contributed by atoms with Gasteiger partial charge in [-0.2, -0.15) is 0 Å². The van der Waals surface area contributed by atoms with Crippen molar-refractivity contribution in [3.05, 3.63) is 59.2 Å². The lowest BCUT2D eigenvalue weighted by atomic mass is 10.1. The Morgan fingerprint density at radius 1 is 0.950 bits per heavy atom. The van der Waals surface area contributed by atoms with Crippen LogP contribution in [0.4, 0.5) is 0 Å². The van der Waals surface area contributed by atoms with Gasteiger partial charge in [-0.05, 0) is 54.8 Å². The van der Waals surface area contributed by atoms with Crippen molar-refractivity contribution in [1.82, 2.24) is 0 Å². The second-order valence-electron chi connectivity index (χ2n) is 4.94. The highest BCUT2D eigenvalue weighted by molar-refractivity contribution is 5.34. The minimum atomic E-state index is -0.150. The zero-order valence-electron chi connectivity index (χ0n) is 12.2. The van der Waals surface area contributed by atoms with E-state index in [9.17, 15) is 0 Å². The predicted molar refractivity (Wildman–Crippen MR) is 81.3 cm³/mol. The summed E-state index contributed by atoms with van der Waals surface area (Å²) in [5.41, 5.74) is 9.66. The van der Waals surface area contributed by atoms with E-state index in [1.165, 1.54) is 11.1 Å². The molecule has 2 rings (SSSR count). The molecule has 0 fully saturated rings. The SMILES string of the molecule is COc1ccc(C(N)COc2ccc(C)c(C)c2)cc1. The third-order valence-electron chi connectivity index (χ3n) is 3.45. The predicted octanol–water partition coefficient (Wildman–Crippen LogP) is 3.39. The fraction of sp³-hybridized carbons (Fsp3) is 0.294. The van der Waals surface area contributed by atoms with Crippen LogP contribution in [-0.4, -0.2) is 13.7 Å². The highest BCUT2D eigenvalue weighted by Gasteiger charge is 2.07. The molecule has 0 amide bonds. The first-order valence-corrected chi connectivity index (χ1v) is 6.69. The molecule has 3 heteroatoms. The van der Waals surface area contributed by atoms with Crippen molar-refractivity contribution in [3.8, 4) is 11.5 Å². The van der Waals surface area contributed by atoms with E-state index in [1.807, 2.05) is 36.4 Å². The van der Waals surface area contributed by atoms with Crippen molar-refractivity contribution in [2.75, 3.05) is 13.7 Å². The average molecular weight is 271 g/mol. The molecule has 0 saturated carbocycles. The van der Waals surface area contributed by atoms with Crippen molar-refractivity contribution in [2.45, 2.75) is 19.9 Å². The van der Waals surface area contributed by atoms with Gasteiger partial charge in [-0.15, -0.1) is 0 Å². The summed E-state index contributed by atoms with van der Waals surface area (Å²) >= 11 is 0. The summed E-state index contributed by atoms with van der Waals surface area (Å²) in [7, 11) is 1.65. The largest absolute Gasteiger partial charge is 0.497 e. The Labute approximate surface area is 120 Å². The summed E-state index contributed by atoms with van der Waals surface area (Å²) in [5.74, 6) is 1.69. The maximum atomic E-state index is 6.14. The summed E-state index contributed by atoms with van der Waals surface area (Å²) in [4.78, 5) is 0. The fourth-order valence-electron chi connectivity index (χ4n) is 1.94. The van der Waals surface area contributed by atoms with Crippen LogP contribution in [0.1, 0.15) is 22.7 Å². The first-order chi connectivity index (χ1) is 9.60. The summed E-state index contributed by atoms with van der Waals surface area (Å²) < 4.78 is 10.9. The molecule has 106 valence electrons. The molecular formula is C17H21NO2. The molecule has 0 saturated heterocycles. The third-order valence-corrected chi connectivity index (χ3v) is 3.45. The zero-order valence-corrected chi connectivity index (χ0v) is 12.2. The summed E-state index contributed by atoms with van der Waals surface area (Å²) in [5, 5.41) is 0. The van der Waals surface area contributed by atoms with E-state index < -0.39 is 0 Å². The van der Waals surface area contributed by atoms with Crippen molar-refractivity contribution < 1.29 is 9.47 Å². The minimum absolute atomic E-state index is 0.150. The molecule has 0 aliphatic rings. The summed E-state index contributed by atoms with van der Waals surface area (Å²) in [6.45, 7) is 4.61. The van der Waals surface area contributed by atoms with Gasteiger partial charge < -0.3 is 15.2 Å². The molecule has 0 heterocycles. The second kappa shape index (κ2) is 6.44. The number of nitrogens with two attached hydrogens (primary N) is 1. The monoisotopic (exact) mass is 271 g/mol. The van der Waals surface area contributed by atoms with E-state index in [0.29, 0.717) is 6.61 Å². The summed E-state index contributed by atoms with van der Waals surface area (Å²) in [6.07, 6.45) is 0. The first-order valence-electron chi connectivity index (χ1n) is 6.69. The summed E-state index contributed by atoms with van der Waals surface area (Å²) in [6, 6.07) is 13.7. The standard InChI is InChI=1S/C17H21NO2/c1-12-4-7-16(10-13(12)2)20-11-17(18)14-5-8-15(19-3)9-6-14/h4-10,17H,11,18H2,1-3H3. The Balaban J connectivity index is 1.96. The number of benzene rings is 2. The Kier molecular flexibility index (Phi) is 4.64. The quantitative estimate of drug-likeness (QED) is 0.906. The van der Waals surface area contributed by atoms with Gasteiger partial charge in [-0.1, -0.05) is 18.2 Å². The van der Waals surface area contributed by atoms with Crippen LogP contribution in [0.5, 0.6) is 11.5 Å². The van der Waals surface area contributed by atoms with Gasteiger partial charge in [0, 0.05) is 0 Å². The van der Waals surface area contributed by atoms with Crippen LogP contribution in [0.25, 0.3) is 0 Å². The van der Waals surface area contributed by atoms with Crippen LogP contribution in [0.15, 0.2) is 42.5 Å². The molecule has 2 aromatic rings. The van der Waals surface area contributed by atoms with Crippen LogP contribution in [0, 0.1) is 13.8 Å². The molecule has 0 radical (unpaired) electrons. The second-order valence-corrected chi connectivity index (χ2v) is 4.94. The van der Waals surface area contributed by atoms with E-state index in [4.69, 9.17) is 15.2 Å². The third kappa shape index (κ3) is 3.52. The molecule has 0 aliphatic carbocycles. The number of rotatable bonds is 5. The van der Waals surface area contributed by atoms with Gasteiger partial charge in [0.2, 0.25) is 0 Å². The highest BCUT2D eigenvalue weighted by atomic mass is 16.5. The van der Waals surface area contributed by atoms with E-state index in [2.05, 4.69) is 19.9 Å². The molecule has 0 bridgehead atoms. The van der Waals surface area contributed by atoms with Crippen molar-refractivity contribution in [3.63, 3.8) is 0 Å². The molecule has 0 aliphatic heterocycles. The minimum Gasteiger partial charge on any atom is -0.497 e. The average Bonchev–Trinajstić information content (AvgIpc) is 2.48. The zero-order chi connectivity index (χ0) is 14.5. The van der Waals surface area contributed by atoms with E-state index in [0.717, 1.165) is 17.1 Å². The fourth-order valence-corrected chi connectivity index (χ4v) is 1.94. The Hall–Kier alpha value is -2.00. The maximum absolute atomic E-state index is 6.14. The molecule has 3 nitrogen and oxygen atoms in total. The van der Waals surface area contributed by atoms with Gasteiger partial charge in [-0.3, -0.25) is 0 Å². The van der Waals surface area contributed by atoms with Gasteiger partial charge in [0.25, 0.3) is 0 Å². The van der Waals surface area contributed by atoms with Gasteiger partial charge in [0.05, 0.1) is 13.2 Å². The Morgan fingerprint density at radius 2 is 1.60 bits per heavy atom. The molecule has 2 N–H and O–H groups in total. The smallest absolute Gasteiger partial charge is 0.119 e. The van der Waals surface area contributed by atoms with E-state index in [-0.39, 0.29) is 6.04 Å². The van der Waals surface area contributed by atoms with Gasteiger partial charge >= 0.3 is 0 Å². The van der Waals surface area contributed by atoms with Crippen LogP contribution in [0.3, 0.4) is 0 Å². The van der Waals surface area contributed by atoms with Crippen LogP contribution in [-0.2, 0) is 0 Å². The molecule has 2 aromatic carbocycles. The highest BCUT2D eigenvalue weighted by Crippen LogP contribution is 2.20. The number of methoxy groups -OCH3 is 1. The molecule has 1 unspecified atom stereocenters. The van der Waals surface area contributed by atoms with E-state index >= 15 is 0 Å². The first kappa shape index (κ1) is 14.4. The van der Waals surface area contributed by atoms with Crippen LogP contribution < -0.4 is 15.2 Å². The Morgan fingerprint density at radius 3 is 2.20 bits per heavy atom. The van der Waals surface area contributed by atoms with E-state index in [1.54, 1.807) is 7.11 Å². The molecule has 0 spiro atoms. The topological polar surface area (TPSA) is 44.5 Å². The number of ether oxygens (including phenoxy) is 2. The normalized spacial score (nSPS) is 12.0. The van der Waals surface area contributed by atoms with Crippen molar-refractivity contribution >= 4 is 0 Å².